The number of carbonyl (C=O) groups is 2. The Labute approximate surface area is 158 Å². The van der Waals surface area contributed by atoms with E-state index in [4.69, 9.17) is 0 Å². The van der Waals surface area contributed by atoms with Crippen LogP contribution in [0.5, 0.6) is 0 Å². The van der Waals surface area contributed by atoms with Gasteiger partial charge in [-0.25, -0.2) is 14.4 Å². The molecule has 138 valence electrons. The highest BCUT2D eigenvalue weighted by molar-refractivity contribution is 6.04. The van der Waals surface area contributed by atoms with Gasteiger partial charge in [0.25, 0.3) is 5.91 Å². The number of rotatable bonds is 5. The zero-order valence-corrected chi connectivity index (χ0v) is 14.4. The Morgan fingerprint density at radius 2 is 1.82 bits per heavy atom. The topological polar surface area (TPSA) is 99.8 Å². The number of carbonyl (C=O) groups excluding carboxylic acids is 2. The summed E-state index contributed by atoms with van der Waals surface area (Å²) >= 11 is 0. The summed E-state index contributed by atoms with van der Waals surface area (Å²) in [5.41, 5.74) is 3.20. The summed E-state index contributed by atoms with van der Waals surface area (Å²) in [4.78, 5) is 34.6. The summed E-state index contributed by atoms with van der Waals surface area (Å²) in [6.07, 6.45) is 2.19. The van der Waals surface area contributed by atoms with Gasteiger partial charge >= 0.3 is 0 Å². The van der Waals surface area contributed by atoms with Gasteiger partial charge < -0.3 is 15.6 Å². The molecule has 3 N–H and O–H groups in total. The number of benzene rings is 2. The predicted octanol–water partition coefficient (Wildman–Crippen LogP) is 3.58. The molecule has 0 spiro atoms. The van der Waals surface area contributed by atoms with E-state index in [1.165, 1.54) is 24.3 Å². The summed E-state index contributed by atoms with van der Waals surface area (Å²) in [7, 11) is 0. The first-order chi connectivity index (χ1) is 13.6. The molecule has 28 heavy (non-hydrogen) atoms. The number of imidazole rings is 1. The molecule has 0 saturated heterocycles. The average Bonchev–Trinajstić information content (AvgIpc) is 3.12. The van der Waals surface area contributed by atoms with E-state index >= 15 is 0 Å². The molecular weight excluding hydrogens is 361 g/mol. The highest BCUT2D eigenvalue weighted by Gasteiger charge is 2.10. The van der Waals surface area contributed by atoms with Crippen LogP contribution in [0.4, 0.5) is 15.9 Å². The lowest BCUT2D eigenvalue weighted by atomic mass is 10.2. The largest absolute Gasteiger partial charge is 0.337 e. The fourth-order valence-electron chi connectivity index (χ4n) is 2.70. The highest BCUT2D eigenvalue weighted by atomic mass is 19.1. The molecule has 0 atom stereocenters. The van der Waals surface area contributed by atoms with Crippen LogP contribution in [0.25, 0.3) is 22.4 Å². The number of H-pyrrole nitrogens is 1. The molecule has 4 aromatic rings. The van der Waals surface area contributed by atoms with Crippen molar-refractivity contribution in [2.75, 3.05) is 10.6 Å². The van der Waals surface area contributed by atoms with Crippen molar-refractivity contribution in [1.82, 2.24) is 15.0 Å². The molecule has 0 aliphatic carbocycles. The van der Waals surface area contributed by atoms with Gasteiger partial charge in [-0.2, -0.15) is 0 Å². The molecule has 0 saturated carbocycles. The number of aromatic amines is 1. The molecule has 0 bridgehead atoms. The Balaban J connectivity index is 1.56. The van der Waals surface area contributed by atoms with Crippen LogP contribution in [0.1, 0.15) is 10.4 Å². The Bertz CT molecular complexity index is 1150. The lowest BCUT2D eigenvalue weighted by Crippen LogP contribution is -2.12. The van der Waals surface area contributed by atoms with Crippen molar-refractivity contribution >= 4 is 34.9 Å². The van der Waals surface area contributed by atoms with E-state index in [0.29, 0.717) is 40.3 Å². The van der Waals surface area contributed by atoms with E-state index in [0.717, 1.165) is 5.56 Å². The van der Waals surface area contributed by atoms with Crippen LogP contribution >= 0.6 is 0 Å². The normalized spacial score (nSPS) is 10.6. The third-order valence-electron chi connectivity index (χ3n) is 4.10. The van der Waals surface area contributed by atoms with Gasteiger partial charge in [0.05, 0.1) is 17.2 Å². The molecule has 4 rings (SSSR count). The number of anilines is 2. The van der Waals surface area contributed by atoms with Gasteiger partial charge in [0.1, 0.15) is 17.5 Å². The van der Waals surface area contributed by atoms with Crippen LogP contribution in [-0.2, 0) is 4.79 Å². The number of hydrogen-bond acceptors (Lipinski definition) is 4. The molecule has 8 heteroatoms. The number of nitrogens with one attached hydrogen (secondary N) is 3. The zero-order valence-electron chi connectivity index (χ0n) is 14.4. The highest BCUT2D eigenvalue weighted by Crippen LogP contribution is 2.23. The molecule has 2 amide bonds. The summed E-state index contributed by atoms with van der Waals surface area (Å²) in [5.74, 6) is 0.179. The SMILES string of the molecule is O=CNc1ccc(-c2nc3cc(NC(=O)c4ccc(F)cc4)ncc3[nH]2)cc1. The van der Waals surface area contributed by atoms with E-state index in [9.17, 15) is 14.0 Å². The Hall–Kier alpha value is -4.07. The Morgan fingerprint density at radius 3 is 2.54 bits per heavy atom. The third kappa shape index (κ3) is 3.56. The summed E-state index contributed by atoms with van der Waals surface area (Å²) in [5, 5.41) is 5.25. The van der Waals surface area contributed by atoms with Crippen LogP contribution in [0, 0.1) is 5.82 Å². The van der Waals surface area contributed by atoms with Gasteiger partial charge in [0.15, 0.2) is 0 Å². The van der Waals surface area contributed by atoms with Gasteiger partial charge in [-0.3, -0.25) is 9.59 Å². The number of halogens is 1. The van der Waals surface area contributed by atoms with E-state index in [1.807, 2.05) is 12.1 Å². The lowest BCUT2D eigenvalue weighted by molar-refractivity contribution is -0.105. The average molecular weight is 375 g/mol. The first-order valence-corrected chi connectivity index (χ1v) is 8.36. The fourth-order valence-corrected chi connectivity index (χ4v) is 2.70. The summed E-state index contributed by atoms with van der Waals surface area (Å²) in [6, 6.07) is 14.1. The van der Waals surface area contributed by atoms with E-state index < -0.39 is 5.82 Å². The Kier molecular flexibility index (Phi) is 4.51. The predicted molar refractivity (Wildman–Crippen MR) is 103 cm³/mol. The van der Waals surface area contributed by atoms with Crippen molar-refractivity contribution < 1.29 is 14.0 Å². The maximum Gasteiger partial charge on any atom is 0.256 e. The monoisotopic (exact) mass is 375 g/mol. The van der Waals surface area contributed by atoms with E-state index in [1.54, 1.807) is 24.4 Å². The minimum absolute atomic E-state index is 0.329. The zero-order chi connectivity index (χ0) is 19.5. The van der Waals surface area contributed by atoms with Crippen molar-refractivity contribution in [2.45, 2.75) is 0 Å². The van der Waals surface area contributed by atoms with Gasteiger partial charge in [0.2, 0.25) is 6.41 Å². The quantitative estimate of drug-likeness (QED) is 0.464. The van der Waals surface area contributed by atoms with Crippen LogP contribution < -0.4 is 10.6 Å². The molecule has 0 aliphatic heterocycles. The number of nitrogens with zero attached hydrogens (tertiary/aromatic N) is 2. The molecule has 0 radical (unpaired) electrons. The summed E-state index contributed by atoms with van der Waals surface area (Å²) in [6.45, 7) is 0. The molecule has 2 aromatic heterocycles. The number of amides is 2. The molecule has 7 nitrogen and oxygen atoms in total. The molecule has 0 fully saturated rings. The van der Waals surface area contributed by atoms with Crippen LogP contribution in [-0.4, -0.2) is 27.3 Å². The number of aromatic nitrogens is 3. The minimum Gasteiger partial charge on any atom is -0.337 e. The first kappa shape index (κ1) is 17.3. The first-order valence-electron chi connectivity index (χ1n) is 8.36. The van der Waals surface area contributed by atoms with Crippen molar-refractivity contribution in [2.24, 2.45) is 0 Å². The maximum absolute atomic E-state index is 13.0. The van der Waals surface area contributed by atoms with Gasteiger partial charge in [-0.15, -0.1) is 0 Å². The van der Waals surface area contributed by atoms with Crippen molar-refractivity contribution in [3.63, 3.8) is 0 Å². The number of hydrogen-bond donors (Lipinski definition) is 3. The van der Waals surface area contributed by atoms with Crippen LogP contribution in [0.2, 0.25) is 0 Å². The molecule has 0 unspecified atom stereocenters. The van der Waals surface area contributed by atoms with Gasteiger partial charge in [0, 0.05) is 22.9 Å². The van der Waals surface area contributed by atoms with Crippen LogP contribution in [0.15, 0.2) is 60.8 Å². The summed E-state index contributed by atoms with van der Waals surface area (Å²) < 4.78 is 13.0. The van der Waals surface area contributed by atoms with Gasteiger partial charge in [-0.1, -0.05) is 0 Å². The standard InChI is InChI=1S/C20H14FN5O2/c21-14-5-1-13(2-6-14)20(28)26-18-9-16-17(10-22-18)25-19(24-16)12-3-7-15(8-4-12)23-11-27/h1-11H,(H,23,27)(H,24,25)(H,22,26,28). The fraction of sp³-hybridized carbons (Fsp3) is 0. The van der Waals surface area contributed by atoms with Crippen molar-refractivity contribution in [3.05, 3.63) is 72.2 Å². The third-order valence-corrected chi connectivity index (χ3v) is 4.10. The van der Waals surface area contributed by atoms with Crippen molar-refractivity contribution in [1.29, 1.82) is 0 Å². The van der Waals surface area contributed by atoms with E-state index in [-0.39, 0.29) is 5.91 Å². The smallest absolute Gasteiger partial charge is 0.256 e. The Morgan fingerprint density at radius 1 is 1.07 bits per heavy atom. The second-order valence-corrected chi connectivity index (χ2v) is 5.97. The second-order valence-electron chi connectivity index (χ2n) is 5.97. The van der Waals surface area contributed by atoms with Gasteiger partial charge in [-0.05, 0) is 48.5 Å². The molecule has 2 aromatic carbocycles. The number of fused-ring (bicyclic) bond motifs is 1. The molecule has 2 heterocycles. The maximum atomic E-state index is 13.0. The second kappa shape index (κ2) is 7.28. The molecular formula is C20H14FN5O2. The van der Waals surface area contributed by atoms with Crippen LogP contribution in [0.3, 0.4) is 0 Å². The van der Waals surface area contributed by atoms with E-state index in [2.05, 4.69) is 25.6 Å². The lowest BCUT2D eigenvalue weighted by Gasteiger charge is -2.04. The minimum atomic E-state index is -0.407. The molecule has 0 aliphatic rings. The van der Waals surface area contributed by atoms with Crippen molar-refractivity contribution in [3.8, 4) is 11.4 Å². The number of pyridine rings is 1.